The molecule has 176 valence electrons. The second-order valence-corrected chi connectivity index (χ2v) is 9.21. The predicted octanol–water partition coefficient (Wildman–Crippen LogP) is 3.18. The van der Waals surface area contributed by atoms with Crippen molar-refractivity contribution in [2.24, 2.45) is 5.41 Å². The summed E-state index contributed by atoms with van der Waals surface area (Å²) in [5.41, 5.74) is 0.920. The highest BCUT2D eigenvalue weighted by Gasteiger charge is 2.45. The van der Waals surface area contributed by atoms with Crippen molar-refractivity contribution in [1.29, 1.82) is 0 Å². The summed E-state index contributed by atoms with van der Waals surface area (Å²) in [6.07, 6.45) is -1.27. The summed E-state index contributed by atoms with van der Waals surface area (Å²) >= 11 is 0. The molecule has 3 heterocycles. The van der Waals surface area contributed by atoms with Crippen LogP contribution in [0.25, 0.3) is 11.4 Å². The van der Waals surface area contributed by atoms with Crippen molar-refractivity contribution in [2.45, 2.75) is 57.4 Å². The van der Waals surface area contributed by atoms with Crippen LogP contribution in [0.15, 0.2) is 22.7 Å². The van der Waals surface area contributed by atoms with Gasteiger partial charge in [0.15, 0.2) is 0 Å². The quantitative estimate of drug-likeness (QED) is 0.747. The first-order chi connectivity index (χ1) is 15.7. The minimum Gasteiger partial charge on any atom is -0.379 e. The monoisotopic (exact) mass is 464 g/mol. The minimum atomic E-state index is -4.74. The second kappa shape index (κ2) is 7.82. The highest BCUT2D eigenvalue weighted by atomic mass is 19.4. The third kappa shape index (κ3) is 3.88. The van der Waals surface area contributed by atoms with Crippen LogP contribution < -0.4 is 5.32 Å². The molecule has 8 nitrogen and oxygen atoms in total. The molecule has 1 aliphatic carbocycles. The Morgan fingerprint density at radius 2 is 2.00 bits per heavy atom. The van der Waals surface area contributed by atoms with E-state index in [2.05, 4.69) is 20.0 Å². The molecule has 5 rings (SSSR count). The number of benzene rings is 1. The molecule has 2 amide bonds. The van der Waals surface area contributed by atoms with Gasteiger partial charge in [0.25, 0.3) is 5.91 Å². The van der Waals surface area contributed by atoms with Crippen molar-refractivity contribution in [3.8, 4) is 11.4 Å². The molecule has 3 aliphatic rings. The fourth-order valence-electron chi connectivity index (χ4n) is 4.72. The number of nitrogens with one attached hydrogen (secondary N) is 1. The van der Waals surface area contributed by atoms with Crippen LogP contribution in [0.1, 0.15) is 54.4 Å². The van der Waals surface area contributed by atoms with Crippen molar-refractivity contribution in [2.75, 3.05) is 13.2 Å². The Kier molecular flexibility index (Phi) is 5.19. The number of amides is 2. The summed E-state index contributed by atoms with van der Waals surface area (Å²) in [6, 6.07) is 4.48. The van der Waals surface area contributed by atoms with Gasteiger partial charge in [-0.15, -0.1) is 0 Å². The number of aromatic nitrogens is 2. The Morgan fingerprint density at radius 3 is 2.67 bits per heavy atom. The molecular weight excluding hydrogens is 441 g/mol. The number of hydrogen-bond donors (Lipinski definition) is 1. The number of hydrogen-bond acceptors (Lipinski definition) is 6. The van der Waals surface area contributed by atoms with E-state index in [0.717, 1.165) is 31.2 Å². The van der Waals surface area contributed by atoms with Crippen LogP contribution in [-0.4, -0.2) is 52.2 Å². The van der Waals surface area contributed by atoms with E-state index in [9.17, 15) is 22.8 Å². The number of rotatable bonds is 4. The fraction of sp³-hybridized carbons (Fsp3) is 0.545. The van der Waals surface area contributed by atoms with Crippen LogP contribution in [0, 0.1) is 5.41 Å². The molecule has 2 aliphatic heterocycles. The number of carbonyl (C=O) groups is 2. The summed E-state index contributed by atoms with van der Waals surface area (Å²) in [5, 5.41) is 6.54. The molecule has 1 aromatic carbocycles. The van der Waals surface area contributed by atoms with Crippen LogP contribution in [0.2, 0.25) is 0 Å². The molecule has 1 saturated heterocycles. The van der Waals surface area contributed by atoms with E-state index in [1.807, 2.05) is 6.92 Å². The van der Waals surface area contributed by atoms with Crippen molar-refractivity contribution in [3.05, 3.63) is 35.2 Å². The molecule has 0 spiro atoms. The van der Waals surface area contributed by atoms with Gasteiger partial charge in [0.1, 0.15) is 0 Å². The summed E-state index contributed by atoms with van der Waals surface area (Å²) in [4.78, 5) is 31.2. The first kappa shape index (κ1) is 21.9. The van der Waals surface area contributed by atoms with Crippen LogP contribution in [0.4, 0.5) is 13.2 Å². The molecule has 0 radical (unpaired) electrons. The van der Waals surface area contributed by atoms with E-state index in [1.54, 1.807) is 17.0 Å². The van der Waals surface area contributed by atoms with Gasteiger partial charge < -0.3 is 19.5 Å². The third-order valence-corrected chi connectivity index (χ3v) is 6.70. The third-order valence-electron chi connectivity index (χ3n) is 6.70. The van der Waals surface area contributed by atoms with Gasteiger partial charge in [-0.1, -0.05) is 30.1 Å². The molecule has 1 saturated carbocycles. The van der Waals surface area contributed by atoms with Crippen molar-refractivity contribution in [1.82, 2.24) is 20.4 Å². The van der Waals surface area contributed by atoms with Gasteiger partial charge in [0, 0.05) is 23.7 Å². The van der Waals surface area contributed by atoms with Crippen molar-refractivity contribution < 1.29 is 32.0 Å². The molecule has 1 aromatic heterocycles. The van der Waals surface area contributed by atoms with E-state index in [0.29, 0.717) is 25.3 Å². The maximum absolute atomic E-state index is 13.3. The molecule has 2 atom stereocenters. The summed E-state index contributed by atoms with van der Waals surface area (Å²) in [6.45, 7) is 3.02. The van der Waals surface area contributed by atoms with Crippen LogP contribution in [-0.2, 0) is 22.3 Å². The molecule has 11 heteroatoms. The highest BCUT2D eigenvalue weighted by Crippen LogP contribution is 2.35. The van der Waals surface area contributed by atoms with Crippen LogP contribution >= 0.6 is 0 Å². The maximum Gasteiger partial charge on any atom is 0.471 e. The van der Waals surface area contributed by atoms with E-state index in [-0.39, 0.29) is 35.3 Å². The number of fused-ring (bicyclic) bond motifs is 1. The second-order valence-electron chi connectivity index (χ2n) is 9.21. The van der Waals surface area contributed by atoms with Crippen molar-refractivity contribution in [3.63, 3.8) is 0 Å². The fourth-order valence-corrected chi connectivity index (χ4v) is 4.72. The molecule has 1 N–H and O–H groups in total. The largest absolute Gasteiger partial charge is 0.471 e. The van der Waals surface area contributed by atoms with Crippen LogP contribution in [0.5, 0.6) is 0 Å². The van der Waals surface area contributed by atoms with E-state index in [1.165, 1.54) is 6.07 Å². The zero-order valence-corrected chi connectivity index (χ0v) is 17.9. The molecular formula is C22H23F3N4O4. The lowest BCUT2D eigenvalue weighted by Crippen LogP contribution is -2.59. The van der Waals surface area contributed by atoms with Gasteiger partial charge in [-0.3, -0.25) is 9.59 Å². The smallest absolute Gasteiger partial charge is 0.379 e. The van der Waals surface area contributed by atoms with Gasteiger partial charge in [-0.05, 0) is 31.4 Å². The Balaban J connectivity index is 1.35. The van der Waals surface area contributed by atoms with Crippen LogP contribution in [0.3, 0.4) is 0 Å². The van der Waals surface area contributed by atoms with E-state index < -0.39 is 17.5 Å². The van der Waals surface area contributed by atoms with Gasteiger partial charge in [0.05, 0.1) is 24.7 Å². The van der Waals surface area contributed by atoms with Gasteiger partial charge in [-0.2, -0.15) is 18.2 Å². The Hall–Kier alpha value is -2.95. The lowest BCUT2D eigenvalue weighted by molar-refractivity contribution is -0.159. The number of ether oxygens (including phenoxy) is 1. The molecule has 33 heavy (non-hydrogen) atoms. The van der Waals surface area contributed by atoms with E-state index in [4.69, 9.17) is 4.74 Å². The summed E-state index contributed by atoms with van der Waals surface area (Å²) in [7, 11) is 0. The Labute approximate surface area is 187 Å². The maximum atomic E-state index is 13.3. The first-order valence-electron chi connectivity index (χ1n) is 10.9. The lowest BCUT2D eigenvalue weighted by Gasteiger charge is -2.42. The normalized spacial score (nSPS) is 24.4. The van der Waals surface area contributed by atoms with Gasteiger partial charge in [-0.25, -0.2) is 0 Å². The molecule has 2 fully saturated rings. The van der Waals surface area contributed by atoms with Gasteiger partial charge >= 0.3 is 12.1 Å². The zero-order chi connectivity index (χ0) is 23.4. The Morgan fingerprint density at radius 1 is 1.24 bits per heavy atom. The SMILES string of the molecule is CC1(C(=O)N[C@@H]2CCCC[C@@H]2N2Cc3ccc(-c4noc(C(F)(F)F)n4)cc3C2=O)COC1. The summed E-state index contributed by atoms with van der Waals surface area (Å²) in [5.74, 6) is -1.93. The minimum absolute atomic E-state index is 0.0605. The standard InChI is InChI=1S/C22H23F3N4O4/c1-21(10-32-11-21)19(31)26-15-4-2-3-5-16(15)29-9-13-7-6-12(8-14(13)18(29)30)17-27-20(33-28-17)22(23,24)25/h6-8,15-16H,2-5,9-11H2,1H3,(H,26,31)/t15-,16+/m1/s1. The average molecular weight is 464 g/mol. The molecule has 0 unspecified atom stereocenters. The topological polar surface area (TPSA) is 97.6 Å². The zero-order valence-electron chi connectivity index (χ0n) is 17.9. The molecule has 2 aromatic rings. The molecule has 0 bridgehead atoms. The van der Waals surface area contributed by atoms with Crippen molar-refractivity contribution >= 4 is 11.8 Å². The lowest BCUT2D eigenvalue weighted by atomic mass is 9.84. The van der Waals surface area contributed by atoms with Gasteiger partial charge in [0.2, 0.25) is 11.7 Å². The number of nitrogens with zero attached hydrogens (tertiary/aromatic N) is 3. The summed E-state index contributed by atoms with van der Waals surface area (Å²) < 4.78 is 47.9. The number of carbonyl (C=O) groups excluding carboxylic acids is 2. The first-order valence-corrected chi connectivity index (χ1v) is 10.9. The average Bonchev–Trinajstić information content (AvgIpc) is 3.38. The van der Waals surface area contributed by atoms with E-state index >= 15 is 0 Å². The predicted molar refractivity (Wildman–Crippen MR) is 108 cm³/mol. The Bertz CT molecular complexity index is 1100. The number of alkyl halides is 3. The highest BCUT2D eigenvalue weighted by molar-refractivity contribution is 5.99. The number of halogens is 3.